The van der Waals surface area contributed by atoms with Crippen molar-refractivity contribution in [3.8, 4) is 0 Å². The lowest BCUT2D eigenvalue weighted by Crippen LogP contribution is -1.98. The number of fused-ring (bicyclic) bond motifs is 2. The van der Waals surface area contributed by atoms with E-state index in [1.165, 1.54) is 22.3 Å². The minimum absolute atomic E-state index is 0.726. The van der Waals surface area contributed by atoms with E-state index >= 15 is 0 Å². The Hall–Kier alpha value is -2.09. The van der Waals surface area contributed by atoms with Crippen molar-refractivity contribution in [2.24, 2.45) is 0 Å². The third-order valence-electron chi connectivity index (χ3n) is 3.52. The van der Waals surface area contributed by atoms with Crippen molar-refractivity contribution in [3.63, 3.8) is 0 Å². The fourth-order valence-electron chi connectivity index (χ4n) is 2.61. The highest BCUT2D eigenvalue weighted by Crippen LogP contribution is 2.32. The van der Waals surface area contributed by atoms with Crippen LogP contribution in [-0.4, -0.2) is 4.98 Å². The van der Waals surface area contributed by atoms with Crippen LogP contribution in [0, 0.1) is 6.92 Å². The molecule has 0 bridgehead atoms. The van der Waals surface area contributed by atoms with E-state index < -0.39 is 0 Å². The van der Waals surface area contributed by atoms with E-state index in [2.05, 4.69) is 36.7 Å². The second-order valence-electron chi connectivity index (χ2n) is 4.92. The second kappa shape index (κ2) is 5.91. The van der Waals surface area contributed by atoms with Crippen LogP contribution in [-0.2, 0) is 12.8 Å². The molecule has 0 saturated carbocycles. The topological polar surface area (TPSA) is 38.9 Å². The standard InChI is InChI=1S/C16H16N2.C2H6/c1-10-3-6-15-11(2)16-13(5-4-12(15)7-10)8-14(17)9-18-16;1-2/h3,6-9H,2,4-5,17H2,1H3;1-2H3. The summed E-state index contributed by atoms with van der Waals surface area (Å²) < 4.78 is 0. The minimum atomic E-state index is 0.726. The SMILES string of the molecule is C=C1c2ccc(C)cc2CCc2cc(N)cnc21.CC. The molecule has 2 nitrogen and oxygen atoms in total. The second-order valence-corrected chi connectivity index (χ2v) is 4.92. The maximum absolute atomic E-state index is 5.82. The lowest BCUT2D eigenvalue weighted by atomic mass is 9.97. The zero-order valence-corrected chi connectivity index (χ0v) is 12.5. The molecule has 1 aromatic carbocycles. The van der Waals surface area contributed by atoms with Gasteiger partial charge < -0.3 is 5.73 Å². The number of nitrogens with zero attached hydrogens (tertiary/aromatic N) is 1. The number of hydrogen-bond donors (Lipinski definition) is 1. The van der Waals surface area contributed by atoms with Crippen LogP contribution in [0.4, 0.5) is 5.69 Å². The Morgan fingerprint density at radius 3 is 2.55 bits per heavy atom. The first-order valence-electron chi connectivity index (χ1n) is 7.19. The zero-order valence-electron chi connectivity index (χ0n) is 12.5. The van der Waals surface area contributed by atoms with E-state index in [9.17, 15) is 0 Å². The van der Waals surface area contributed by atoms with Gasteiger partial charge in [0.15, 0.2) is 0 Å². The van der Waals surface area contributed by atoms with Gasteiger partial charge in [0.25, 0.3) is 0 Å². The lowest BCUT2D eigenvalue weighted by molar-refractivity contribution is 0.954. The molecule has 0 amide bonds. The molecule has 0 saturated heterocycles. The Morgan fingerprint density at radius 1 is 1.10 bits per heavy atom. The number of nitrogen functional groups attached to an aromatic ring is 1. The third-order valence-corrected chi connectivity index (χ3v) is 3.52. The van der Waals surface area contributed by atoms with Gasteiger partial charge in [0.05, 0.1) is 17.6 Å². The Labute approximate surface area is 121 Å². The molecule has 0 unspecified atom stereocenters. The van der Waals surface area contributed by atoms with Crippen LogP contribution in [0.2, 0.25) is 0 Å². The van der Waals surface area contributed by atoms with Gasteiger partial charge in [-0.05, 0) is 42.5 Å². The third kappa shape index (κ3) is 2.60. The summed E-state index contributed by atoms with van der Waals surface area (Å²) >= 11 is 0. The van der Waals surface area contributed by atoms with E-state index in [-0.39, 0.29) is 0 Å². The Bertz CT molecular complexity index is 586. The monoisotopic (exact) mass is 266 g/mol. The van der Waals surface area contributed by atoms with Gasteiger partial charge >= 0.3 is 0 Å². The molecule has 0 radical (unpaired) electrons. The highest BCUT2D eigenvalue weighted by atomic mass is 14.7. The number of rotatable bonds is 0. The molecular formula is C18H22N2. The molecule has 1 aliphatic carbocycles. The maximum atomic E-state index is 5.82. The average Bonchev–Trinajstić information content (AvgIpc) is 2.59. The zero-order chi connectivity index (χ0) is 14.7. The van der Waals surface area contributed by atoms with Crippen molar-refractivity contribution in [2.45, 2.75) is 33.6 Å². The quantitative estimate of drug-likeness (QED) is 0.777. The minimum Gasteiger partial charge on any atom is -0.397 e. The predicted molar refractivity (Wildman–Crippen MR) is 86.7 cm³/mol. The van der Waals surface area contributed by atoms with Crippen molar-refractivity contribution in [1.29, 1.82) is 0 Å². The summed E-state index contributed by atoms with van der Waals surface area (Å²) in [6.07, 6.45) is 3.71. The molecule has 1 heterocycles. The van der Waals surface area contributed by atoms with Crippen LogP contribution in [0.3, 0.4) is 0 Å². The summed E-state index contributed by atoms with van der Waals surface area (Å²) in [6, 6.07) is 8.55. The van der Waals surface area contributed by atoms with Gasteiger partial charge in [-0.15, -0.1) is 0 Å². The average molecular weight is 266 g/mol. The normalized spacial score (nSPS) is 12.7. The Kier molecular flexibility index (Phi) is 4.23. The van der Waals surface area contributed by atoms with E-state index in [0.717, 1.165) is 29.8 Å². The molecule has 3 rings (SSSR count). The summed E-state index contributed by atoms with van der Waals surface area (Å²) in [7, 11) is 0. The molecule has 0 spiro atoms. The molecule has 1 aromatic heterocycles. The van der Waals surface area contributed by atoms with Crippen molar-refractivity contribution in [2.75, 3.05) is 5.73 Å². The van der Waals surface area contributed by atoms with E-state index in [1.807, 2.05) is 19.9 Å². The van der Waals surface area contributed by atoms with Crippen LogP contribution in [0.15, 0.2) is 37.0 Å². The molecular weight excluding hydrogens is 244 g/mol. The summed E-state index contributed by atoms with van der Waals surface area (Å²) in [6.45, 7) is 10.3. The molecule has 20 heavy (non-hydrogen) atoms. The molecule has 104 valence electrons. The number of aryl methyl sites for hydroxylation is 3. The molecule has 2 heteroatoms. The molecule has 2 N–H and O–H groups in total. The van der Waals surface area contributed by atoms with Crippen molar-refractivity contribution in [1.82, 2.24) is 4.98 Å². The maximum Gasteiger partial charge on any atom is 0.0735 e. The van der Waals surface area contributed by atoms with Crippen molar-refractivity contribution < 1.29 is 0 Å². The lowest BCUT2D eigenvalue weighted by Gasteiger charge is -2.09. The van der Waals surface area contributed by atoms with Crippen LogP contribution >= 0.6 is 0 Å². The van der Waals surface area contributed by atoms with Gasteiger partial charge in [-0.3, -0.25) is 4.98 Å². The highest BCUT2D eigenvalue weighted by Gasteiger charge is 2.17. The van der Waals surface area contributed by atoms with Gasteiger partial charge in [-0.2, -0.15) is 0 Å². The Balaban J connectivity index is 0.000000704. The summed E-state index contributed by atoms with van der Waals surface area (Å²) in [5.74, 6) is 0. The largest absolute Gasteiger partial charge is 0.397 e. The van der Waals surface area contributed by atoms with Gasteiger partial charge in [-0.25, -0.2) is 0 Å². The van der Waals surface area contributed by atoms with E-state index in [0.29, 0.717) is 0 Å². The first-order valence-corrected chi connectivity index (χ1v) is 7.19. The molecule has 2 aromatic rings. The summed E-state index contributed by atoms with van der Waals surface area (Å²) in [5.41, 5.74) is 13.6. The number of benzene rings is 1. The van der Waals surface area contributed by atoms with E-state index in [4.69, 9.17) is 5.73 Å². The molecule has 1 aliphatic rings. The smallest absolute Gasteiger partial charge is 0.0735 e. The van der Waals surface area contributed by atoms with Gasteiger partial charge in [-0.1, -0.05) is 44.2 Å². The number of aromatic nitrogens is 1. The molecule has 0 atom stereocenters. The first kappa shape index (κ1) is 14.3. The van der Waals surface area contributed by atoms with Gasteiger partial charge in [0.2, 0.25) is 0 Å². The first-order chi connectivity index (χ1) is 9.65. The number of pyridine rings is 1. The fourth-order valence-corrected chi connectivity index (χ4v) is 2.61. The summed E-state index contributed by atoms with van der Waals surface area (Å²) in [4.78, 5) is 4.46. The highest BCUT2D eigenvalue weighted by molar-refractivity contribution is 5.81. The fraction of sp³-hybridized carbons (Fsp3) is 0.278. The number of hydrogen-bond acceptors (Lipinski definition) is 2. The van der Waals surface area contributed by atoms with Gasteiger partial charge in [0.1, 0.15) is 0 Å². The van der Waals surface area contributed by atoms with Crippen LogP contribution in [0.5, 0.6) is 0 Å². The summed E-state index contributed by atoms with van der Waals surface area (Å²) in [5, 5.41) is 0. The molecule has 0 aliphatic heterocycles. The van der Waals surface area contributed by atoms with Crippen LogP contribution in [0.1, 0.15) is 41.8 Å². The van der Waals surface area contributed by atoms with Crippen molar-refractivity contribution in [3.05, 3.63) is 65.0 Å². The number of anilines is 1. The van der Waals surface area contributed by atoms with Crippen LogP contribution in [0.25, 0.3) is 5.57 Å². The Morgan fingerprint density at radius 2 is 1.80 bits per heavy atom. The predicted octanol–water partition coefficient (Wildman–Crippen LogP) is 4.16. The van der Waals surface area contributed by atoms with Gasteiger partial charge in [0, 0.05) is 5.57 Å². The molecule has 0 fully saturated rings. The van der Waals surface area contributed by atoms with Crippen molar-refractivity contribution >= 4 is 11.3 Å². The van der Waals surface area contributed by atoms with Crippen LogP contribution < -0.4 is 5.73 Å². The number of nitrogens with two attached hydrogens (primary N) is 1. The van der Waals surface area contributed by atoms with E-state index in [1.54, 1.807) is 6.20 Å².